The number of cyclic esters (lactones) is 1. The molecule has 7 heteroatoms. The van der Waals surface area contributed by atoms with E-state index in [1.807, 2.05) is 24.3 Å². The number of hydrogen-bond acceptors (Lipinski definition) is 7. The van der Waals surface area contributed by atoms with Gasteiger partial charge in [-0.15, -0.1) is 23.5 Å². The van der Waals surface area contributed by atoms with E-state index in [1.54, 1.807) is 36.5 Å². The summed E-state index contributed by atoms with van der Waals surface area (Å²) in [5.74, 6) is -0.682. The second-order valence-corrected chi connectivity index (χ2v) is 6.83. The van der Waals surface area contributed by atoms with Gasteiger partial charge in [-0.05, 0) is 24.3 Å². The highest BCUT2D eigenvalue weighted by atomic mass is 32.2. The van der Waals surface area contributed by atoms with Gasteiger partial charge in [0, 0.05) is 40.3 Å². The molecule has 112 valence electrons. The number of nitrogens with zero attached hydrogens (tertiary/aromatic N) is 2. The molecule has 0 bridgehead atoms. The van der Waals surface area contributed by atoms with Crippen molar-refractivity contribution in [2.24, 2.45) is 0 Å². The minimum atomic E-state index is -0.744. The lowest BCUT2D eigenvalue weighted by Gasteiger charge is -2.15. The molecule has 0 radical (unpaired) electrons. The number of Topliss-reactive ketones (excluding diaryl/α,β-unsaturated/α-hetero) is 1. The van der Waals surface area contributed by atoms with Crippen molar-refractivity contribution in [1.82, 2.24) is 9.97 Å². The summed E-state index contributed by atoms with van der Waals surface area (Å²) in [4.78, 5) is 33.4. The molecule has 1 aliphatic rings. The normalized spacial score (nSPS) is 20.9. The topological polar surface area (TPSA) is 69.2 Å². The van der Waals surface area contributed by atoms with E-state index >= 15 is 0 Å². The summed E-state index contributed by atoms with van der Waals surface area (Å²) in [5, 5.41) is -0.510. The lowest BCUT2D eigenvalue weighted by molar-refractivity contribution is -0.148. The van der Waals surface area contributed by atoms with E-state index < -0.39 is 23.1 Å². The standard InChI is InChI=1S/C15H12N2O3S2/c18-13-14(22-11-3-7-17-8-4-11)12(20-15(13)19)9-21-10-1-5-16-6-2-10/h1-8,12,14H,9H2. The van der Waals surface area contributed by atoms with Crippen molar-refractivity contribution in [3.63, 3.8) is 0 Å². The molecule has 3 rings (SSSR count). The molecule has 0 aliphatic carbocycles. The van der Waals surface area contributed by atoms with Crippen LogP contribution in [0.2, 0.25) is 0 Å². The van der Waals surface area contributed by atoms with Crippen molar-refractivity contribution in [2.75, 3.05) is 5.75 Å². The number of esters is 1. The highest BCUT2D eigenvalue weighted by molar-refractivity contribution is 8.01. The molecule has 0 saturated carbocycles. The molecule has 1 aliphatic heterocycles. The van der Waals surface area contributed by atoms with Crippen LogP contribution in [0, 0.1) is 0 Å². The minimum absolute atomic E-state index is 0.434. The smallest absolute Gasteiger partial charge is 0.376 e. The number of thioether (sulfide) groups is 2. The molecule has 2 atom stereocenters. The van der Waals surface area contributed by atoms with Gasteiger partial charge in [0.1, 0.15) is 11.4 Å². The number of pyridine rings is 2. The number of ketones is 1. The van der Waals surface area contributed by atoms with Crippen LogP contribution in [0.4, 0.5) is 0 Å². The molecule has 1 saturated heterocycles. The molecule has 3 heterocycles. The van der Waals surface area contributed by atoms with Crippen LogP contribution >= 0.6 is 23.5 Å². The maximum atomic E-state index is 12.0. The van der Waals surface area contributed by atoms with Gasteiger partial charge in [0.25, 0.3) is 5.78 Å². The Labute approximate surface area is 135 Å². The monoisotopic (exact) mass is 332 g/mol. The van der Waals surface area contributed by atoms with E-state index in [4.69, 9.17) is 4.74 Å². The Morgan fingerprint density at radius 2 is 1.55 bits per heavy atom. The maximum Gasteiger partial charge on any atom is 0.376 e. The van der Waals surface area contributed by atoms with Gasteiger partial charge in [0.2, 0.25) is 0 Å². The Hall–Kier alpha value is -1.86. The van der Waals surface area contributed by atoms with Crippen LogP contribution in [-0.2, 0) is 14.3 Å². The average Bonchev–Trinajstić information content (AvgIpc) is 2.83. The number of aromatic nitrogens is 2. The number of carbonyl (C=O) groups is 2. The number of carbonyl (C=O) groups excluding carboxylic acids is 2. The largest absolute Gasteiger partial charge is 0.454 e. The molecular formula is C15H12N2O3S2. The highest BCUT2D eigenvalue weighted by Crippen LogP contribution is 2.33. The first-order valence-electron chi connectivity index (χ1n) is 6.58. The predicted molar refractivity (Wildman–Crippen MR) is 83.7 cm³/mol. The average molecular weight is 332 g/mol. The zero-order chi connectivity index (χ0) is 15.4. The molecule has 0 amide bonds. The number of hydrogen-bond donors (Lipinski definition) is 0. The van der Waals surface area contributed by atoms with Crippen LogP contribution in [0.25, 0.3) is 0 Å². The van der Waals surface area contributed by atoms with Crippen LogP contribution in [0.5, 0.6) is 0 Å². The maximum absolute atomic E-state index is 12.0. The number of ether oxygens (including phenoxy) is 1. The van der Waals surface area contributed by atoms with E-state index in [1.165, 1.54) is 11.8 Å². The summed E-state index contributed by atoms with van der Waals surface area (Å²) in [5.41, 5.74) is 0. The molecule has 0 N–H and O–H groups in total. The third-order valence-corrected chi connectivity index (χ3v) is 5.45. The summed E-state index contributed by atoms with van der Waals surface area (Å²) in [7, 11) is 0. The van der Waals surface area contributed by atoms with Crippen molar-refractivity contribution < 1.29 is 14.3 Å². The SMILES string of the molecule is O=C1OC(CSc2ccncc2)C(Sc2ccncc2)C1=O. The van der Waals surface area contributed by atoms with Crippen LogP contribution in [0.1, 0.15) is 0 Å². The fourth-order valence-corrected chi connectivity index (χ4v) is 4.10. The predicted octanol–water partition coefficient (Wildman–Crippen LogP) is 2.22. The van der Waals surface area contributed by atoms with E-state index in [0.717, 1.165) is 9.79 Å². The van der Waals surface area contributed by atoms with Gasteiger partial charge in [-0.2, -0.15) is 0 Å². The Morgan fingerprint density at radius 3 is 2.18 bits per heavy atom. The molecule has 2 aromatic rings. The molecule has 0 spiro atoms. The van der Waals surface area contributed by atoms with E-state index in [9.17, 15) is 9.59 Å². The Kier molecular flexibility index (Phi) is 4.74. The lowest BCUT2D eigenvalue weighted by atomic mass is 10.2. The number of rotatable bonds is 5. The second kappa shape index (κ2) is 6.93. The Balaban J connectivity index is 1.68. The summed E-state index contributed by atoms with van der Waals surface area (Å²) in [6.07, 6.45) is 6.29. The van der Waals surface area contributed by atoms with Crippen molar-refractivity contribution >= 4 is 35.3 Å². The van der Waals surface area contributed by atoms with Gasteiger partial charge >= 0.3 is 5.97 Å². The van der Waals surface area contributed by atoms with Crippen molar-refractivity contribution in [2.45, 2.75) is 21.1 Å². The zero-order valence-corrected chi connectivity index (χ0v) is 13.0. The van der Waals surface area contributed by atoms with Crippen molar-refractivity contribution in [3.05, 3.63) is 49.1 Å². The molecule has 2 unspecified atom stereocenters. The third kappa shape index (κ3) is 3.48. The molecule has 5 nitrogen and oxygen atoms in total. The quantitative estimate of drug-likeness (QED) is 0.472. The fourth-order valence-electron chi connectivity index (χ4n) is 1.97. The van der Waals surface area contributed by atoms with Gasteiger partial charge in [-0.25, -0.2) is 4.79 Å². The lowest BCUT2D eigenvalue weighted by Crippen LogP contribution is -2.25. The fraction of sp³-hybridized carbons (Fsp3) is 0.200. The first-order valence-corrected chi connectivity index (χ1v) is 8.45. The second-order valence-electron chi connectivity index (χ2n) is 4.52. The molecule has 0 aromatic carbocycles. The Morgan fingerprint density at radius 1 is 0.955 bits per heavy atom. The van der Waals surface area contributed by atoms with Crippen LogP contribution in [-0.4, -0.2) is 38.8 Å². The minimum Gasteiger partial charge on any atom is -0.454 e. The highest BCUT2D eigenvalue weighted by Gasteiger charge is 2.44. The summed E-state index contributed by atoms with van der Waals surface area (Å²) in [6.45, 7) is 0. The van der Waals surface area contributed by atoms with Crippen LogP contribution in [0.15, 0.2) is 58.8 Å². The summed E-state index contributed by atoms with van der Waals surface area (Å²) >= 11 is 2.89. The van der Waals surface area contributed by atoms with E-state index in [-0.39, 0.29) is 0 Å². The van der Waals surface area contributed by atoms with E-state index in [2.05, 4.69) is 9.97 Å². The molecule has 2 aromatic heterocycles. The van der Waals surface area contributed by atoms with Crippen LogP contribution in [0.3, 0.4) is 0 Å². The van der Waals surface area contributed by atoms with E-state index in [0.29, 0.717) is 5.75 Å². The first kappa shape index (κ1) is 15.1. The van der Waals surface area contributed by atoms with Crippen molar-refractivity contribution in [3.8, 4) is 0 Å². The molecule has 1 fully saturated rings. The first-order chi connectivity index (χ1) is 10.7. The summed E-state index contributed by atoms with van der Waals surface area (Å²) < 4.78 is 5.22. The van der Waals surface area contributed by atoms with Crippen molar-refractivity contribution in [1.29, 1.82) is 0 Å². The molecular weight excluding hydrogens is 320 g/mol. The summed E-state index contributed by atoms with van der Waals surface area (Å²) in [6, 6.07) is 7.39. The zero-order valence-electron chi connectivity index (χ0n) is 11.4. The van der Waals surface area contributed by atoms with Gasteiger partial charge in [0.05, 0.1) is 0 Å². The van der Waals surface area contributed by atoms with Gasteiger partial charge in [-0.3, -0.25) is 14.8 Å². The van der Waals surface area contributed by atoms with Crippen LogP contribution < -0.4 is 0 Å². The van der Waals surface area contributed by atoms with Gasteiger partial charge < -0.3 is 4.74 Å². The van der Waals surface area contributed by atoms with Gasteiger partial charge in [0.15, 0.2) is 0 Å². The molecule has 22 heavy (non-hydrogen) atoms. The van der Waals surface area contributed by atoms with Gasteiger partial charge in [-0.1, -0.05) is 0 Å². The Bertz CT molecular complexity index is 667. The third-order valence-electron chi connectivity index (χ3n) is 3.03.